The number of ether oxygens (including phenoxy) is 1. The van der Waals surface area contributed by atoms with Crippen molar-refractivity contribution in [2.45, 2.75) is 13.3 Å². The minimum Gasteiger partial charge on any atom is -0.384 e. The van der Waals surface area contributed by atoms with Crippen molar-refractivity contribution in [2.75, 3.05) is 46.2 Å². The molecule has 0 N–H and O–H groups in total. The number of hydrogen-bond acceptors (Lipinski definition) is 6. The fourth-order valence-electron chi connectivity index (χ4n) is 3.86. The maximum absolute atomic E-state index is 12.7. The van der Waals surface area contributed by atoms with Crippen LogP contribution in [0.15, 0.2) is 12.4 Å². The van der Waals surface area contributed by atoms with Crippen LogP contribution < -0.4 is 0 Å². The molecular formula is C16H24N4O4S. The number of piperidine rings is 1. The van der Waals surface area contributed by atoms with Crippen LogP contribution in [0.25, 0.3) is 0 Å². The monoisotopic (exact) mass is 368 g/mol. The molecule has 2 fully saturated rings. The third-order valence-corrected chi connectivity index (χ3v) is 6.51. The smallest absolute Gasteiger partial charge is 0.274 e. The molecule has 138 valence electrons. The van der Waals surface area contributed by atoms with Gasteiger partial charge in [-0.3, -0.25) is 9.78 Å². The molecule has 2 atom stereocenters. The maximum atomic E-state index is 12.7. The molecule has 2 aliphatic heterocycles. The molecule has 0 saturated carbocycles. The van der Waals surface area contributed by atoms with Crippen molar-refractivity contribution in [3.8, 4) is 0 Å². The number of amides is 1. The fraction of sp³-hybridized carbons (Fsp3) is 0.688. The van der Waals surface area contributed by atoms with Crippen molar-refractivity contribution < 1.29 is 17.9 Å². The quantitative estimate of drug-likeness (QED) is 0.751. The highest BCUT2D eigenvalue weighted by atomic mass is 32.2. The average Bonchev–Trinajstić information content (AvgIpc) is 2.94. The summed E-state index contributed by atoms with van der Waals surface area (Å²) in [4.78, 5) is 22.7. The van der Waals surface area contributed by atoms with E-state index in [-0.39, 0.29) is 17.2 Å². The first kappa shape index (κ1) is 18.2. The van der Waals surface area contributed by atoms with E-state index in [4.69, 9.17) is 4.74 Å². The van der Waals surface area contributed by atoms with Crippen LogP contribution >= 0.6 is 0 Å². The number of nitrogens with zero attached hydrogens (tertiary/aromatic N) is 4. The van der Waals surface area contributed by atoms with E-state index in [1.165, 1.54) is 16.8 Å². The predicted molar refractivity (Wildman–Crippen MR) is 91.5 cm³/mol. The Kier molecular flexibility index (Phi) is 4.82. The summed E-state index contributed by atoms with van der Waals surface area (Å²) in [6.45, 7) is 4.26. The van der Waals surface area contributed by atoms with Gasteiger partial charge in [-0.05, 0) is 19.3 Å². The Labute approximate surface area is 148 Å². The number of likely N-dealkylation sites (tertiary alicyclic amines) is 1. The summed E-state index contributed by atoms with van der Waals surface area (Å²) in [5, 5.41) is 0. The normalized spacial score (nSPS) is 27.3. The molecule has 0 bridgehead atoms. The molecule has 2 unspecified atom stereocenters. The number of rotatable bonds is 4. The number of aromatic nitrogens is 2. The van der Waals surface area contributed by atoms with E-state index in [0.29, 0.717) is 44.9 Å². The van der Waals surface area contributed by atoms with Gasteiger partial charge >= 0.3 is 0 Å². The Morgan fingerprint density at radius 2 is 2.12 bits per heavy atom. The average molecular weight is 368 g/mol. The molecule has 25 heavy (non-hydrogen) atoms. The van der Waals surface area contributed by atoms with Crippen molar-refractivity contribution >= 4 is 15.9 Å². The number of carbonyl (C=O) groups excluding carboxylic acids is 1. The summed E-state index contributed by atoms with van der Waals surface area (Å²) in [5.74, 6) is -0.102. The molecule has 0 spiro atoms. The van der Waals surface area contributed by atoms with Gasteiger partial charge in [0.05, 0.1) is 24.8 Å². The number of sulfonamides is 1. The molecule has 3 rings (SSSR count). The van der Waals surface area contributed by atoms with Gasteiger partial charge in [0.1, 0.15) is 5.69 Å². The highest BCUT2D eigenvalue weighted by Crippen LogP contribution is 2.44. The Balaban J connectivity index is 1.79. The van der Waals surface area contributed by atoms with Crippen LogP contribution in [0.4, 0.5) is 0 Å². The first-order chi connectivity index (χ1) is 11.7. The highest BCUT2D eigenvalue weighted by molar-refractivity contribution is 7.88. The van der Waals surface area contributed by atoms with Gasteiger partial charge in [-0.2, -0.15) is 0 Å². The SMILES string of the molecule is COCC12CCN(C(=O)c3cnc(C)cn3)CC1CN(S(C)(=O)=O)C2. The van der Waals surface area contributed by atoms with Crippen molar-refractivity contribution in [1.82, 2.24) is 19.2 Å². The summed E-state index contributed by atoms with van der Waals surface area (Å²) < 4.78 is 30.9. The van der Waals surface area contributed by atoms with E-state index in [1.807, 2.05) is 6.92 Å². The molecule has 2 saturated heterocycles. The molecule has 8 nitrogen and oxygen atoms in total. The van der Waals surface area contributed by atoms with Crippen LogP contribution in [0.1, 0.15) is 22.6 Å². The van der Waals surface area contributed by atoms with E-state index >= 15 is 0 Å². The van der Waals surface area contributed by atoms with Gasteiger partial charge in [0.25, 0.3) is 5.91 Å². The van der Waals surface area contributed by atoms with Gasteiger partial charge in [-0.25, -0.2) is 17.7 Å². The molecule has 3 heterocycles. The Morgan fingerprint density at radius 3 is 2.72 bits per heavy atom. The Hall–Kier alpha value is -1.58. The molecule has 1 aromatic heterocycles. The van der Waals surface area contributed by atoms with Crippen LogP contribution in [-0.2, 0) is 14.8 Å². The van der Waals surface area contributed by atoms with E-state index in [2.05, 4.69) is 9.97 Å². The van der Waals surface area contributed by atoms with Crippen molar-refractivity contribution in [3.63, 3.8) is 0 Å². The van der Waals surface area contributed by atoms with Crippen molar-refractivity contribution in [2.24, 2.45) is 11.3 Å². The molecule has 0 aromatic carbocycles. The Bertz CT molecular complexity index is 752. The summed E-state index contributed by atoms with van der Waals surface area (Å²) in [5.41, 5.74) is 0.852. The Morgan fingerprint density at radius 1 is 1.36 bits per heavy atom. The minimum atomic E-state index is -3.26. The zero-order valence-corrected chi connectivity index (χ0v) is 15.6. The lowest BCUT2D eigenvalue weighted by molar-refractivity contribution is 0.00321. The number of carbonyl (C=O) groups is 1. The predicted octanol–water partition coefficient (Wildman–Crippen LogP) is 0.155. The fourth-order valence-corrected chi connectivity index (χ4v) is 4.80. The summed E-state index contributed by atoms with van der Waals surface area (Å²) in [6, 6.07) is 0. The van der Waals surface area contributed by atoms with Gasteiger partial charge in [0.2, 0.25) is 10.0 Å². The lowest BCUT2D eigenvalue weighted by Gasteiger charge is -2.43. The molecule has 1 aromatic rings. The number of methoxy groups -OCH3 is 1. The summed E-state index contributed by atoms with van der Waals surface area (Å²) >= 11 is 0. The number of hydrogen-bond donors (Lipinski definition) is 0. The standard InChI is InChI=1S/C16H24N4O4S/c1-12-6-18-14(7-17-12)15(21)19-5-4-16(11-24-2)10-20(25(3,22)23)9-13(16)8-19/h6-7,13H,4-5,8-11H2,1-3H3. The number of aryl methyl sites for hydroxylation is 1. The van der Waals surface area contributed by atoms with Gasteiger partial charge in [-0.1, -0.05) is 0 Å². The first-order valence-electron chi connectivity index (χ1n) is 8.27. The second-order valence-electron chi connectivity index (χ2n) is 7.09. The molecule has 2 aliphatic rings. The topological polar surface area (TPSA) is 92.7 Å². The zero-order chi connectivity index (χ0) is 18.2. The second-order valence-corrected chi connectivity index (χ2v) is 9.07. The van der Waals surface area contributed by atoms with Crippen LogP contribution in [0.2, 0.25) is 0 Å². The lowest BCUT2D eigenvalue weighted by atomic mass is 9.73. The number of fused-ring (bicyclic) bond motifs is 1. The maximum Gasteiger partial charge on any atom is 0.274 e. The third kappa shape index (κ3) is 3.54. The summed E-state index contributed by atoms with van der Waals surface area (Å²) in [7, 11) is -1.63. The van der Waals surface area contributed by atoms with Gasteiger partial charge < -0.3 is 9.64 Å². The van der Waals surface area contributed by atoms with E-state index in [0.717, 1.165) is 5.69 Å². The van der Waals surface area contributed by atoms with Crippen LogP contribution in [-0.4, -0.2) is 79.6 Å². The highest BCUT2D eigenvalue weighted by Gasteiger charge is 2.52. The van der Waals surface area contributed by atoms with E-state index in [1.54, 1.807) is 18.2 Å². The first-order valence-corrected chi connectivity index (χ1v) is 10.1. The van der Waals surface area contributed by atoms with Crippen molar-refractivity contribution in [3.05, 3.63) is 23.8 Å². The van der Waals surface area contributed by atoms with E-state index in [9.17, 15) is 13.2 Å². The van der Waals surface area contributed by atoms with Crippen molar-refractivity contribution in [1.29, 1.82) is 0 Å². The summed E-state index contributed by atoms with van der Waals surface area (Å²) in [6.07, 6.45) is 5.01. The lowest BCUT2D eigenvalue weighted by Crippen LogP contribution is -2.51. The van der Waals surface area contributed by atoms with Gasteiger partial charge in [0, 0.05) is 44.9 Å². The minimum absolute atomic E-state index is 0.0540. The van der Waals surface area contributed by atoms with Gasteiger partial charge in [0.15, 0.2) is 0 Å². The molecule has 0 aliphatic carbocycles. The molecule has 1 amide bonds. The molecule has 9 heteroatoms. The van der Waals surface area contributed by atoms with Gasteiger partial charge in [-0.15, -0.1) is 0 Å². The third-order valence-electron chi connectivity index (χ3n) is 5.29. The van der Waals surface area contributed by atoms with E-state index < -0.39 is 10.0 Å². The molecule has 0 radical (unpaired) electrons. The zero-order valence-electron chi connectivity index (χ0n) is 14.8. The largest absolute Gasteiger partial charge is 0.384 e. The van der Waals surface area contributed by atoms with Crippen LogP contribution in [0, 0.1) is 18.3 Å². The second kappa shape index (κ2) is 6.62. The van der Waals surface area contributed by atoms with Crippen LogP contribution in [0.5, 0.6) is 0 Å². The van der Waals surface area contributed by atoms with Crippen LogP contribution in [0.3, 0.4) is 0 Å². The molecular weight excluding hydrogens is 344 g/mol.